The van der Waals surface area contributed by atoms with E-state index in [2.05, 4.69) is 21.6 Å². The van der Waals surface area contributed by atoms with Gasteiger partial charge in [-0.05, 0) is 35.6 Å². The number of likely N-dealkylation sites (tertiary alicyclic amines) is 1. The maximum Gasteiger partial charge on any atom is 0.335 e. The highest BCUT2D eigenvalue weighted by Gasteiger charge is 2.34. The van der Waals surface area contributed by atoms with Crippen molar-refractivity contribution in [2.75, 3.05) is 17.8 Å². The Bertz CT molecular complexity index is 1220. The summed E-state index contributed by atoms with van der Waals surface area (Å²) in [6.07, 6.45) is 3.71. The summed E-state index contributed by atoms with van der Waals surface area (Å²) in [5, 5.41) is 12.9. The average Bonchev–Trinajstić information content (AvgIpc) is 3.38. The van der Waals surface area contributed by atoms with Crippen molar-refractivity contribution in [2.24, 2.45) is 0 Å². The van der Waals surface area contributed by atoms with E-state index in [1.165, 1.54) is 11.3 Å². The summed E-state index contributed by atoms with van der Waals surface area (Å²) >= 11 is 0.871. The summed E-state index contributed by atoms with van der Waals surface area (Å²) in [6.45, 7) is 0.420. The van der Waals surface area contributed by atoms with Crippen molar-refractivity contribution < 1.29 is 28.4 Å². The molecule has 2 aromatic carbocycles. The van der Waals surface area contributed by atoms with E-state index in [1.807, 2.05) is 36.4 Å². The molecule has 0 radical (unpaired) electrons. The second-order valence-corrected chi connectivity index (χ2v) is 11.5. The number of nitrogens with one attached hydrogen (secondary N) is 1. The van der Waals surface area contributed by atoms with Crippen LogP contribution in [0.3, 0.4) is 0 Å². The van der Waals surface area contributed by atoms with Crippen LogP contribution >= 0.6 is 19.4 Å². The molecular formula is C23H27N4O6PS. The lowest BCUT2D eigenvalue weighted by molar-refractivity contribution is -0.140. The van der Waals surface area contributed by atoms with Crippen LogP contribution in [-0.4, -0.2) is 60.5 Å². The van der Waals surface area contributed by atoms with Crippen molar-refractivity contribution in [3.05, 3.63) is 60.3 Å². The van der Waals surface area contributed by atoms with E-state index in [9.17, 15) is 14.2 Å². The van der Waals surface area contributed by atoms with Gasteiger partial charge in [-0.2, -0.15) is 0 Å². The first kappa shape index (κ1) is 25.4. The lowest BCUT2D eigenvalue weighted by atomic mass is 9.99. The van der Waals surface area contributed by atoms with E-state index in [4.69, 9.17) is 14.2 Å². The first-order chi connectivity index (χ1) is 16.8. The molecule has 2 heterocycles. The molecule has 1 aliphatic heterocycles. The second-order valence-electron chi connectivity index (χ2n) is 8.46. The largest absolute Gasteiger partial charge is 0.426 e. The van der Waals surface area contributed by atoms with Gasteiger partial charge in [0.1, 0.15) is 12.1 Å². The van der Waals surface area contributed by atoms with Gasteiger partial charge in [0.25, 0.3) is 0 Å². The summed E-state index contributed by atoms with van der Waals surface area (Å²) in [6, 6.07) is 12.8. The Morgan fingerprint density at radius 3 is 2.74 bits per heavy atom. The molecule has 1 aliphatic rings. The fourth-order valence-electron chi connectivity index (χ4n) is 4.24. The van der Waals surface area contributed by atoms with Crippen molar-refractivity contribution in [2.45, 2.75) is 37.8 Å². The number of amides is 2. The topological polar surface area (TPSA) is 146 Å². The smallest absolute Gasteiger partial charge is 0.335 e. The quantitative estimate of drug-likeness (QED) is 0.364. The number of aromatic nitrogens is 2. The minimum atomic E-state index is -4.20. The molecule has 0 spiro atoms. The fraction of sp³-hybridized carbons (Fsp3) is 0.391. The normalized spacial score (nSPS) is 17.3. The van der Waals surface area contributed by atoms with E-state index in [-0.39, 0.29) is 23.5 Å². The van der Waals surface area contributed by atoms with Gasteiger partial charge in [-0.1, -0.05) is 42.5 Å². The number of piperidine rings is 1. The van der Waals surface area contributed by atoms with E-state index in [0.29, 0.717) is 19.4 Å². The van der Waals surface area contributed by atoms with Crippen LogP contribution in [0.5, 0.6) is 0 Å². The molecule has 3 N–H and O–H groups in total. The predicted molar refractivity (Wildman–Crippen MR) is 132 cm³/mol. The van der Waals surface area contributed by atoms with Crippen molar-refractivity contribution in [1.82, 2.24) is 20.4 Å². The Morgan fingerprint density at radius 2 is 2.00 bits per heavy atom. The third-order valence-electron chi connectivity index (χ3n) is 5.86. The van der Waals surface area contributed by atoms with Crippen LogP contribution in [0.15, 0.2) is 53.3 Å². The molecule has 4 rings (SSSR count). The van der Waals surface area contributed by atoms with Crippen LogP contribution < -0.4 is 5.32 Å². The van der Waals surface area contributed by atoms with Crippen LogP contribution in [0.4, 0.5) is 0 Å². The van der Waals surface area contributed by atoms with Gasteiger partial charge in [0.2, 0.25) is 24.1 Å². The van der Waals surface area contributed by atoms with Crippen molar-refractivity contribution in [3.63, 3.8) is 0 Å². The SMILES string of the molecule is O=C(N[C@@H](Cc1ccc2ccccc2c1)c1nnco1)[C@@H]1CCCCN1C(=O)CSCP(=O)(O)O. The van der Waals surface area contributed by atoms with Crippen LogP contribution in [0.2, 0.25) is 0 Å². The minimum Gasteiger partial charge on any atom is -0.426 e. The maximum absolute atomic E-state index is 13.3. The zero-order valence-corrected chi connectivity index (χ0v) is 20.7. The van der Waals surface area contributed by atoms with Crippen LogP contribution in [0.1, 0.15) is 36.8 Å². The number of rotatable bonds is 9. The van der Waals surface area contributed by atoms with Gasteiger partial charge in [0, 0.05) is 13.0 Å². The van der Waals surface area contributed by atoms with Crippen molar-refractivity contribution in [3.8, 4) is 0 Å². The third-order valence-corrected chi connectivity index (χ3v) is 8.38. The number of fused-ring (bicyclic) bond motifs is 1. The molecule has 1 saturated heterocycles. The summed E-state index contributed by atoms with van der Waals surface area (Å²) in [5.41, 5.74) is 0.548. The molecule has 0 aliphatic carbocycles. The molecule has 3 aromatic rings. The van der Waals surface area contributed by atoms with E-state index in [1.54, 1.807) is 0 Å². The van der Waals surface area contributed by atoms with Crippen LogP contribution in [0.25, 0.3) is 10.8 Å². The van der Waals surface area contributed by atoms with E-state index >= 15 is 0 Å². The zero-order valence-electron chi connectivity index (χ0n) is 18.9. The van der Waals surface area contributed by atoms with Crippen molar-refractivity contribution >= 4 is 41.9 Å². The Balaban J connectivity index is 1.47. The molecule has 0 unspecified atom stereocenters. The summed E-state index contributed by atoms with van der Waals surface area (Å²) in [7, 11) is -4.20. The number of hydrogen-bond donors (Lipinski definition) is 3. The molecule has 1 fully saturated rings. The van der Waals surface area contributed by atoms with Gasteiger partial charge >= 0.3 is 7.60 Å². The predicted octanol–water partition coefficient (Wildman–Crippen LogP) is 2.87. The minimum absolute atomic E-state index is 0.0981. The standard InChI is InChI=1S/C23H27N4O6PS/c28-21(13-35-15-34(30,31)32)27-10-4-3-7-20(27)22(29)25-19(23-26-24-14-33-23)12-16-8-9-17-5-1-2-6-18(17)11-16/h1-2,5-6,8-9,11,14,19-20H,3-4,7,10,12-13,15H2,(H,25,29)(H2,30,31,32)/t19-,20-/m0/s1. The molecular weight excluding hydrogens is 491 g/mol. The number of carbonyl (C=O) groups excluding carboxylic acids is 2. The summed E-state index contributed by atoms with van der Waals surface area (Å²) in [4.78, 5) is 45.7. The first-order valence-corrected chi connectivity index (χ1v) is 14.2. The van der Waals surface area contributed by atoms with Gasteiger partial charge in [-0.3, -0.25) is 14.2 Å². The van der Waals surface area contributed by atoms with Gasteiger partial charge < -0.3 is 24.4 Å². The number of nitrogens with zero attached hydrogens (tertiary/aromatic N) is 3. The maximum atomic E-state index is 13.3. The molecule has 35 heavy (non-hydrogen) atoms. The Kier molecular flexibility index (Phi) is 8.22. The molecule has 186 valence electrons. The lowest BCUT2D eigenvalue weighted by Gasteiger charge is -2.35. The number of benzene rings is 2. The molecule has 12 heteroatoms. The summed E-state index contributed by atoms with van der Waals surface area (Å²) in [5.74, 6) is -0.453. The van der Waals surface area contributed by atoms with Crippen molar-refractivity contribution in [1.29, 1.82) is 0 Å². The molecule has 10 nitrogen and oxygen atoms in total. The molecule has 2 amide bonds. The fourth-order valence-corrected chi connectivity index (χ4v) is 5.90. The third kappa shape index (κ3) is 6.91. The number of thioether (sulfide) groups is 1. The van der Waals surface area contributed by atoms with Gasteiger partial charge in [0.05, 0.1) is 11.2 Å². The van der Waals surface area contributed by atoms with E-state index < -0.39 is 25.2 Å². The van der Waals surface area contributed by atoms with E-state index in [0.717, 1.165) is 40.9 Å². The Morgan fingerprint density at radius 1 is 1.20 bits per heavy atom. The van der Waals surface area contributed by atoms with Crippen LogP contribution in [0, 0.1) is 0 Å². The zero-order chi connectivity index (χ0) is 24.8. The van der Waals surface area contributed by atoms with Crippen LogP contribution in [-0.2, 0) is 20.6 Å². The molecule has 1 aromatic heterocycles. The monoisotopic (exact) mass is 518 g/mol. The average molecular weight is 519 g/mol. The Hall–Kier alpha value is -2.72. The van der Waals surface area contributed by atoms with Gasteiger partial charge in [-0.15, -0.1) is 22.0 Å². The first-order valence-electron chi connectivity index (χ1n) is 11.3. The summed E-state index contributed by atoms with van der Waals surface area (Å²) < 4.78 is 16.5. The highest BCUT2D eigenvalue weighted by molar-refractivity contribution is 8.04. The molecule has 2 atom stereocenters. The highest BCUT2D eigenvalue weighted by atomic mass is 32.2. The lowest BCUT2D eigenvalue weighted by Crippen LogP contribution is -2.53. The molecule has 0 bridgehead atoms. The number of carbonyl (C=O) groups is 2. The molecule has 0 saturated carbocycles. The van der Waals surface area contributed by atoms with Gasteiger partial charge in [0.15, 0.2) is 0 Å². The highest BCUT2D eigenvalue weighted by Crippen LogP contribution is 2.38. The second kappa shape index (κ2) is 11.3. The van der Waals surface area contributed by atoms with Gasteiger partial charge in [-0.25, -0.2) is 0 Å². The Labute approximate surface area is 206 Å². The number of hydrogen-bond acceptors (Lipinski definition) is 7.